The van der Waals surface area contributed by atoms with Crippen molar-refractivity contribution >= 4 is 5.97 Å². The summed E-state index contributed by atoms with van der Waals surface area (Å²) < 4.78 is 41.9. The lowest BCUT2D eigenvalue weighted by Gasteiger charge is -2.11. The first-order chi connectivity index (χ1) is 7.84. The Labute approximate surface area is 97.4 Å². The van der Waals surface area contributed by atoms with Gasteiger partial charge in [0.15, 0.2) is 0 Å². The first-order valence-corrected chi connectivity index (χ1v) is 5.08. The number of carbonyl (C=O) groups excluding carboxylic acids is 1. The first-order valence-electron chi connectivity index (χ1n) is 5.08. The molecule has 0 saturated heterocycles. The molecule has 0 heterocycles. The number of alkyl halides is 3. The van der Waals surface area contributed by atoms with E-state index in [1.165, 1.54) is 26.2 Å². The lowest BCUT2D eigenvalue weighted by atomic mass is 10.0. The van der Waals surface area contributed by atoms with Crippen molar-refractivity contribution in [2.45, 2.75) is 25.9 Å². The van der Waals surface area contributed by atoms with E-state index in [2.05, 4.69) is 4.74 Å². The van der Waals surface area contributed by atoms with Crippen molar-refractivity contribution in [1.29, 1.82) is 0 Å². The predicted octanol–water partition coefficient (Wildman–Crippen LogP) is 3.12. The minimum Gasteiger partial charge on any atom is -0.469 e. The summed E-state index contributed by atoms with van der Waals surface area (Å²) in [6.07, 6.45) is -3.78. The molecule has 17 heavy (non-hydrogen) atoms. The summed E-state index contributed by atoms with van der Waals surface area (Å²) in [5.74, 6) is -0.373. The number of carbonyl (C=O) groups is 1. The summed E-state index contributed by atoms with van der Waals surface area (Å²) in [5, 5.41) is 0. The number of methoxy groups -OCH3 is 1. The molecule has 0 aromatic heterocycles. The van der Waals surface area contributed by atoms with Gasteiger partial charge in [0.2, 0.25) is 0 Å². The summed E-state index contributed by atoms with van der Waals surface area (Å²) in [6, 6.07) is 3.88. The summed E-state index contributed by atoms with van der Waals surface area (Å²) in [5.41, 5.74) is 0.222. The van der Waals surface area contributed by atoms with Crippen molar-refractivity contribution in [3.05, 3.63) is 34.9 Å². The molecule has 94 valence electrons. The Bertz CT molecular complexity index is 411. The van der Waals surface area contributed by atoms with Gasteiger partial charge in [-0.25, -0.2) is 0 Å². The van der Waals surface area contributed by atoms with Gasteiger partial charge in [-0.15, -0.1) is 0 Å². The molecule has 2 nitrogen and oxygen atoms in total. The highest BCUT2D eigenvalue weighted by Crippen LogP contribution is 2.32. The van der Waals surface area contributed by atoms with Crippen molar-refractivity contribution < 1.29 is 22.7 Å². The summed E-state index contributed by atoms with van der Waals surface area (Å²) in [4.78, 5) is 10.9. The molecule has 0 amide bonds. The van der Waals surface area contributed by atoms with Crippen molar-refractivity contribution in [3.8, 4) is 0 Å². The van der Waals surface area contributed by atoms with Crippen LogP contribution >= 0.6 is 0 Å². The zero-order valence-electron chi connectivity index (χ0n) is 9.60. The van der Waals surface area contributed by atoms with Crippen LogP contribution in [-0.2, 0) is 22.1 Å². The van der Waals surface area contributed by atoms with Crippen molar-refractivity contribution in [1.82, 2.24) is 0 Å². The predicted molar refractivity (Wildman–Crippen MR) is 56.5 cm³/mol. The molecule has 0 atom stereocenters. The fourth-order valence-electron chi connectivity index (χ4n) is 1.55. The van der Waals surface area contributed by atoms with E-state index in [1.54, 1.807) is 0 Å². The molecular formula is C12H13F3O2. The molecule has 0 radical (unpaired) electrons. The quantitative estimate of drug-likeness (QED) is 0.766. The first kappa shape index (κ1) is 13.5. The average molecular weight is 246 g/mol. The Balaban J connectivity index is 2.79. The van der Waals surface area contributed by atoms with Crippen LogP contribution in [0.4, 0.5) is 13.2 Å². The SMILES string of the molecule is COC(=O)CCc1ccc(C(F)(F)F)c(C)c1. The van der Waals surface area contributed by atoms with Gasteiger partial charge < -0.3 is 4.74 Å². The van der Waals surface area contributed by atoms with Crippen LogP contribution in [0.3, 0.4) is 0 Å². The normalized spacial score (nSPS) is 11.4. The third kappa shape index (κ3) is 3.76. The second kappa shape index (κ2) is 5.21. The molecule has 0 aliphatic heterocycles. The van der Waals surface area contributed by atoms with Crippen molar-refractivity contribution in [2.75, 3.05) is 7.11 Å². The molecule has 5 heteroatoms. The second-order valence-electron chi connectivity index (χ2n) is 3.72. The number of esters is 1. The second-order valence-corrected chi connectivity index (χ2v) is 3.72. The van der Waals surface area contributed by atoms with E-state index < -0.39 is 11.7 Å². The Morgan fingerprint density at radius 1 is 1.35 bits per heavy atom. The molecule has 1 aromatic carbocycles. The largest absolute Gasteiger partial charge is 0.469 e. The van der Waals surface area contributed by atoms with E-state index in [9.17, 15) is 18.0 Å². The highest BCUT2D eigenvalue weighted by atomic mass is 19.4. The van der Waals surface area contributed by atoms with Gasteiger partial charge in [0.1, 0.15) is 0 Å². The maximum atomic E-state index is 12.5. The van der Waals surface area contributed by atoms with E-state index in [0.717, 1.165) is 6.07 Å². The molecule has 0 saturated carbocycles. The minimum atomic E-state index is -4.33. The van der Waals surface area contributed by atoms with Crippen LogP contribution < -0.4 is 0 Å². The van der Waals surface area contributed by atoms with Crippen LogP contribution in [0.5, 0.6) is 0 Å². The Hall–Kier alpha value is -1.52. The summed E-state index contributed by atoms with van der Waals surface area (Å²) >= 11 is 0. The van der Waals surface area contributed by atoms with Crippen molar-refractivity contribution in [2.24, 2.45) is 0 Å². The molecule has 0 N–H and O–H groups in total. The van der Waals surface area contributed by atoms with E-state index in [0.29, 0.717) is 12.0 Å². The van der Waals surface area contributed by atoms with Crippen LogP contribution in [0, 0.1) is 6.92 Å². The lowest BCUT2D eigenvalue weighted by Crippen LogP contribution is -2.08. The third-order valence-corrected chi connectivity index (χ3v) is 2.44. The minimum absolute atomic E-state index is 0.167. The molecule has 1 aromatic rings. The third-order valence-electron chi connectivity index (χ3n) is 2.44. The summed E-state index contributed by atoms with van der Waals surface area (Å²) in [7, 11) is 1.28. The number of benzene rings is 1. The number of hydrogen-bond donors (Lipinski definition) is 0. The Morgan fingerprint density at radius 3 is 2.47 bits per heavy atom. The molecule has 0 aliphatic rings. The number of rotatable bonds is 3. The Morgan fingerprint density at radius 2 is 2.00 bits per heavy atom. The number of aryl methyl sites for hydroxylation is 2. The molecule has 0 unspecified atom stereocenters. The molecule has 0 spiro atoms. The number of halogens is 3. The van der Waals surface area contributed by atoms with Crippen LogP contribution in [0.2, 0.25) is 0 Å². The van der Waals surface area contributed by atoms with Crippen LogP contribution in [0.25, 0.3) is 0 Å². The van der Waals surface area contributed by atoms with Crippen molar-refractivity contribution in [3.63, 3.8) is 0 Å². The zero-order chi connectivity index (χ0) is 13.1. The highest BCUT2D eigenvalue weighted by Gasteiger charge is 2.32. The average Bonchev–Trinajstić information content (AvgIpc) is 2.24. The van der Waals surface area contributed by atoms with E-state index in [4.69, 9.17) is 0 Å². The molecular weight excluding hydrogens is 233 g/mol. The molecule has 0 fully saturated rings. The van der Waals surface area contributed by atoms with Gasteiger partial charge >= 0.3 is 12.1 Å². The van der Waals surface area contributed by atoms with Crippen LogP contribution in [-0.4, -0.2) is 13.1 Å². The van der Waals surface area contributed by atoms with Gasteiger partial charge in [-0.2, -0.15) is 13.2 Å². The van der Waals surface area contributed by atoms with Gasteiger partial charge in [-0.1, -0.05) is 12.1 Å². The fourth-order valence-corrected chi connectivity index (χ4v) is 1.55. The number of ether oxygens (including phenoxy) is 1. The van der Waals surface area contributed by atoms with E-state index in [-0.39, 0.29) is 18.0 Å². The van der Waals surface area contributed by atoms with E-state index in [1.807, 2.05) is 0 Å². The maximum absolute atomic E-state index is 12.5. The Kier molecular flexibility index (Phi) is 4.15. The fraction of sp³-hybridized carbons (Fsp3) is 0.417. The van der Waals surface area contributed by atoms with Gasteiger partial charge in [-0.05, 0) is 30.5 Å². The van der Waals surface area contributed by atoms with E-state index >= 15 is 0 Å². The zero-order valence-corrected chi connectivity index (χ0v) is 9.60. The molecule has 0 bridgehead atoms. The highest BCUT2D eigenvalue weighted by molar-refractivity contribution is 5.69. The topological polar surface area (TPSA) is 26.3 Å². The van der Waals surface area contributed by atoms with Crippen LogP contribution in [0.1, 0.15) is 23.1 Å². The smallest absolute Gasteiger partial charge is 0.416 e. The maximum Gasteiger partial charge on any atom is 0.416 e. The van der Waals surface area contributed by atoms with Gasteiger partial charge in [-0.3, -0.25) is 4.79 Å². The van der Waals surface area contributed by atoms with Gasteiger partial charge in [0.25, 0.3) is 0 Å². The molecule has 0 aliphatic carbocycles. The standard InChI is InChI=1S/C12H13F3O2/c1-8-7-9(4-6-11(16)17-2)3-5-10(8)12(13,14)15/h3,5,7H,4,6H2,1-2H3. The molecule has 1 rings (SSSR count). The van der Waals surface area contributed by atoms with Gasteiger partial charge in [0.05, 0.1) is 12.7 Å². The number of hydrogen-bond acceptors (Lipinski definition) is 2. The lowest BCUT2D eigenvalue weighted by molar-refractivity contribution is -0.140. The monoisotopic (exact) mass is 246 g/mol. The van der Waals surface area contributed by atoms with Crippen LogP contribution in [0.15, 0.2) is 18.2 Å². The van der Waals surface area contributed by atoms with Gasteiger partial charge in [0, 0.05) is 6.42 Å². The summed E-state index contributed by atoms with van der Waals surface area (Å²) in [6.45, 7) is 1.41.